The number of likely N-dealkylation sites (N-methyl/N-ethyl adjacent to an activating group) is 1. The number of rotatable bonds is 13. The van der Waals surface area contributed by atoms with E-state index >= 15 is 0 Å². The molecular weight excluding hydrogens is 455 g/mol. The van der Waals surface area contributed by atoms with Gasteiger partial charge >= 0.3 is 0 Å². The summed E-state index contributed by atoms with van der Waals surface area (Å²) in [7, 11) is 3.95. The minimum Gasteiger partial charge on any atom is -0.331 e. The summed E-state index contributed by atoms with van der Waals surface area (Å²) in [4.78, 5) is 35.8. The van der Waals surface area contributed by atoms with Gasteiger partial charge in [0.15, 0.2) is 0 Å². The van der Waals surface area contributed by atoms with Gasteiger partial charge in [-0.15, -0.1) is 0 Å². The highest BCUT2D eigenvalue weighted by Crippen LogP contribution is 2.24. The summed E-state index contributed by atoms with van der Waals surface area (Å²) in [6.45, 7) is 5.33. The third-order valence-electron chi connectivity index (χ3n) is 6.58. The summed E-state index contributed by atoms with van der Waals surface area (Å²) in [6.07, 6.45) is 7.14. The molecule has 0 radical (unpaired) electrons. The second-order valence-electron chi connectivity index (χ2n) is 9.69. The number of hydrogen-bond acceptors (Lipinski definition) is 4. The maximum Gasteiger partial charge on any atom is 0.266 e. The average Bonchev–Trinajstić information content (AvgIpc) is 2.86. The molecule has 0 bridgehead atoms. The number of hydrogen-bond donors (Lipinski definition) is 0. The Kier molecular flexibility index (Phi) is 10.2. The van der Waals surface area contributed by atoms with Gasteiger partial charge in [-0.2, -0.15) is 0 Å². The number of amides is 1. The van der Waals surface area contributed by atoms with Crippen LogP contribution in [-0.2, 0) is 4.79 Å². The summed E-state index contributed by atoms with van der Waals surface area (Å²) in [6, 6.07) is 12.6. The maximum absolute atomic E-state index is 13.7. The Labute approximate surface area is 213 Å². The van der Waals surface area contributed by atoms with Crippen molar-refractivity contribution in [2.75, 3.05) is 27.2 Å². The van der Waals surface area contributed by atoms with Crippen LogP contribution in [0, 0.1) is 5.82 Å². The van der Waals surface area contributed by atoms with Crippen LogP contribution in [-0.4, -0.2) is 52.4 Å². The molecule has 36 heavy (non-hydrogen) atoms. The Morgan fingerprint density at radius 3 is 2.33 bits per heavy atom. The number of para-hydroxylation sites is 1. The molecule has 1 heterocycles. The zero-order valence-electron chi connectivity index (χ0n) is 22.0. The van der Waals surface area contributed by atoms with E-state index in [1.165, 1.54) is 36.0 Å². The van der Waals surface area contributed by atoms with Crippen LogP contribution in [0.4, 0.5) is 4.39 Å². The number of halogens is 1. The standard InChI is InChI=1S/C29H39FN4O2/c1-5-6-7-8-9-10-15-27(35)33(21-20-32(3)4)22(2)28-31-26-14-12-11-13-25(26)29(36)34(28)24-18-16-23(30)17-19-24/h11-14,16-19,22H,5-10,15,20-21H2,1-4H3. The lowest BCUT2D eigenvalue weighted by atomic mass is 10.1. The molecule has 0 saturated carbocycles. The van der Waals surface area contributed by atoms with Gasteiger partial charge in [0.25, 0.3) is 5.56 Å². The van der Waals surface area contributed by atoms with Crippen molar-refractivity contribution < 1.29 is 9.18 Å². The third-order valence-corrected chi connectivity index (χ3v) is 6.58. The van der Waals surface area contributed by atoms with Gasteiger partial charge in [0.05, 0.1) is 22.6 Å². The summed E-state index contributed by atoms with van der Waals surface area (Å²) in [5, 5.41) is 0.482. The van der Waals surface area contributed by atoms with Crippen LogP contribution in [0.25, 0.3) is 16.6 Å². The molecule has 3 rings (SSSR count). The lowest BCUT2D eigenvalue weighted by molar-refractivity contribution is -0.133. The fourth-order valence-corrected chi connectivity index (χ4v) is 4.45. The molecule has 1 amide bonds. The fourth-order valence-electron chi connectivity index (χ4n) is 4.45. The van der Waals surface area contributed by atoms with E-state index in [0.29, 0.717) is 41.9 Å². The van der Waals surface area contributed by atoms with Gasteiger partial charge < -0.3 is 9.80 Å². The predicted octanol–water partition coefficient (Wildman–Crippen LogP) is 5.73. The highest BCUT2D eigenvalue weighted by molar-refractivity contribution is 5.79. The predicted molar refractivity (Wildman–Crippen MR) is 144 cm³/mol. The van der Waals surface area contributed by atoms with Crippen LogP contribution in [0.15, 0.2) is 53.3 Å². The topological polar surface area (TPSA) is 58.4 Å². The van der Waals surface area contributed by atoms with E-state index in [1.807, 2.05) is 43.0 Å². The molecule has 0 N–H and O–H groups in total. The quantitative estimate of drug-likeness (QED) is 0.285. The van der Waals surface area contributed by atoms with Crippen molar-refractivity contribution in [3.05, 3.63) is 70.5 Å². The van der Waals surface area contributed by atoms with Gasteiger partial charge in [-0.1, -0.05) is 51.2 Å². The molecule has 0 aliphatic heterocycles. The van der Waals surface area contributed by atoms with Crippen molar-refractivity contribution in [1.82, 2.24) is 19.4 Å². The molecule has 0 aliphatic carbocycles. The van der Waals surface area contributed by atoms with Crippen LogP contribution in [0.2, 0.25) is 0 Å². The maximum atomic E-state index is 13.7. The minimum atomic E-state index is -0.445. The van der Waals surface area contributed by atoms with E-state index < -0.39 is 6.04 Å². The van der Waals surface area contributed by atoms with Crippen LogP contribution >= 0.6 is 0 Å². The molecule has 6 nitrogen and oxygen atoms in total. The largest absolute Gasteiger partial charge is 0.331 e. The van der Waals surface area contributed by atoms with E-state index in [-0.39, 0.29) is 17.3 Å². The Hall–Kier alpha value is -3.06. The molecule has 3 aromatic rings. The average molecular weight is 495 g/mol. The zero-order chi connectivity index (χ0) is 26.1. The first-order valence-corrected chi connectivity index (χ1v) is 13.0. The molecule has 0 fully saturated rings. The Balaban J connectivity index is 1.98. The van der Waals surface area contributed by atoms with Crippen LogP contribution in [0.5, 0.6) is 0 Å². The minimum absolute atomic E-state index is 0.0629. The lowest BCUT2D eigenvalue weighted by Gasteiger charge is -2.31. The van der Waals surface area contributed by atoms with Crippen LogP contribution < -0.4 is 5.56 Å². The van der Waals surface area contributed by atoms with Crippen molar-refractivity contribution in [3.8, 4) is 5.69 Å². The monoisotopic (exact) mass is 494 g/mol. The van der Waals surface area contributed by atoms with Gasteiger partial charge in [-0.3, -0.25) is 14.2 Å². The Morgan fingerprint density at radius 2 is 1.64 bits per heavy atom. The summed E-state index contributed by atoms with van der Waals surface area (Å²) in [5.74, 6) is 0.158. The molecule has 0 saturated heterocycles. The van der Waals surface area contributed by atoms with Gasteiger partial charge in [-0.05, 0) is 63.8 Å². The first-order chi connectivity index (χ1) is 17.3. The molecule has 1 unspecified atom stereocenters. The van der Waals surface area contributed by atoms with E-state index in [2.05, 4.69) is 6.92 Å². The van der Waals surface area contributed by atoms with Crippen LogP contribution in [0.3, 0.4) is 0 Å². The van der Waals surface area contributed by atoms with Gasteiger partial charge in [-0.25, -0.2) is 9.37 Å². The second kappa shape index (κ2) is 13.3. The van der Waals surface area contributed by atoms with Gasteiger partial charge in [0.2, 0.25) is 5.91 Å². The Bertz CT molecular complexity index is 1190. The van der Waals surface area contributed by atoms with Crippen molar-refractivity contribution in [3.63, 3.8) is 0 Å². The van der Waals surface area contributed by atoms with Crippen molar-refractivity contribution in [1.29, 1.82) is 0 Å². The first kappa shape index (κ1) is 27.5. The van der Waals surface area contributed by atoms with E-state index in [9.17, 15) is 14.0 Å². The zero-order valence-corrected chi connectivity index (χ0v) is 22.0. The van der Waals surface area contributed by atoms with Gasteiger partial charge in [0.1, 0.15) is 11.6 Å². The van der Waals surface area contributed by atoms with Crippen molar-refractivity contribution in [2.45, 2.75) is 64.8 Å². The third kappa shape index (κ3) is 7.00. The van der Waals surface area contributed by atoms with E-state index in [4.69, 9.17) is 4.98 Å². The summed E-state index contributed by atoms with van der Waals surface area (Å²) >= 11 is 0. The molecule has 0 spiro atoms. The van der Waals surface area contributed by atoms with Crippen LogP contribution in [0.1, 0.15) is 70.7 Å². The SMILES string of the molecule is CCCCCCCCC(=O)N(CCN(C)C)C(C)c1nc2ccccc2c(=O)n1-c1ccc(F)cc1. The van der Waals surface area contributed by atoms with Crippen molar-refractivity contribution >= 4 is 16.8 Å². The highest BCUT2D eigenvalue weighted by atomic mass is 19.1. The number of carbonyl (C=O) groups is 1. The summed E-state index contributed by atoms with van der Waals surface area (Å²) < 4.78 is 15.2. The van der Waals surface area contributed by atoms with E-state index in [0.717, 1.165) is 19.3 Å². The smallest absolute Gasteiger partial charge is 0.266 e. The molecule has 7 heteroatoms. The summed E-state index contributed by atoms with van der Waals surface area (Å²) in [5.41, 5.74) is 0.876. The van der Waals surface area contributed by atoms with Gasteiger partial charge in [0, 0.05) is 19.5 Å². The van der Waals surface area contributed by atoms with E-state index in [1.54, 1.807) is 24.3 Å². The lowest BCUT2D eigenvalue weighted by Crippen LogP contribution is -2.40. The first-order valence-electron chi connectivity index (χ1n) is 13.0. The number of fused-ring (bicyclic) bond motifs is 1. The molecule has 1 atom stereocenters. The Morgan fingerprint density at radius 1 is 0.972 bits per heavy atom. The number of aromatic nitrogens is 2. The molecule has 194 valence electrons. The molecule has 0 aliphatic rings. The molecule has 2 aromatic carbocycles. The normalized spacial score (nSPS) is 12.3. The highest BCUT2D eigenvalue weighted by Gasteiger charge is 2.26. The van der Waals surface area contributed by atoms with Crippen molar-refractivity contribution in [2.24, 2.45) is 0 Å². The molecular formula is C29H39FN4O2. The number of carbonyl (C=O) groups excluding carboxylic acids is 1. The fraction of sp³-hybridized carbons (Fsp3) is 0.483. The number of unbranched alkanes of at least 4 members (excludes halogenated alkanes) is 5. The number of nitrogens with zero attached hydrogens (tertiary/aromatic N) is 4. The second-order valence-corrected chi connectivity index (χ2v) is 9.69. The number of benzene rings is 2. The molecule has 1 aromatic heterocycles.